The van der Waals surface area contributed by atoms with E-state index in [0.717, 1.165) is 6.42 Å². The van der Waals surface area contributed by atoms with Crippen molar-refractivity contribution < 1.29 is 0 Å². The first-order valence-electron chi connectivity index (χ1n) is 7.06. The van der Waals surface area contributed by atoms with Crippen LogP contribution in [0.15, 0.2) is 24.3 Å². The van der Waals surface area contributed by atoms with Gasteiger partial charge >= 0.3 is 0 Å². The van der Waals surface area contributed by atoms with Crippen LogP contribution in [0.3, 0.4) is 0 Å². The van der Waals surface area contributed by atoms with E-state index < -0.39 is 0 Å². The van der Waals surface area contributed by atoms with Crippen LogP contribution < -0.4 is 5.73 Å². The third kappa shape index (κ3) is 4.96. The molecule has 0 aromatic heterocycles. The van der Waals surface area contributed by atoms with Gasteiger partial charge in [-0.2, -0.15) is 0 Å². The van der Waals surface area contributed by atoms with Gasteiger partial charge in [0.15, 0.2) is 0 Å². The number of hydrogen-bond acceptors (Lipinski definition) is 2. The highest BCUT2D eigenvalue weighted by molar-refractivity contribution is 5.29. The van der Waals surface area contributed by atoms with Crippen LogP contribution in [-0.4, -0.2) is 24.5 Å². The van der Waals surface area contributed by atoms with E-state index in [-0.39, 0.29) is 11.0 Å². The van der Waals surface area contributed by atoms with Gasteiger partial charge in [-0.15, -0.1) is 0 Å². The van der Waals surface area contributed by atoms with Crippen LogP contribution in [0.25, 0.3) is 0 Å². The van der Waals surface area contributed by atoms with Gasteiger partial charge in [0.05, 0.1) is 0 Å². The molecule has 0 spiro atoms. The molecule has 2 nitrogen and oxygen atoms in total. The fraction of sp³-hybridized carbons (Fsp3) is 0.647. The molecule has 0 aliphatic carbocycles. The second kappa shape index (κ2) is 5.64. The minimum Gasteiger partial charge on any atom is -0.325 e. The molecule has 0 saturated heterocycles. The second-order valence-electron chi connectivity index (χ2n) is 7.54. The molecule has 1 unspecified atom stereocenters. The van der Waals surface area contributed by atoms with Crippen molar-refractivity contribution in [2.24, 2.45) is 5.73 Å². The second-order valence-corrected chi connectivity index (χ2v) is 7.54. The molecule has 0 radical (unpaired) electrons. The molecule has 1 atom stereocenters. The number of hydrogen-bond donors (Lipinski definition) is 1. The van der Waals surface area contributed by atoms with Gasteiger partial charge in [0, 0.05) is 11.6 Å². The van der Waals surface area contributed by atoms with E-state index in [1.807, 2.05) is 0 Å². The van der Waals surface area contributed by atoms with Crippen molar-refractivity contribution in [3.05, 3.63) is 35.4 Å². The average molecular weight is 262 g/mol. The summed E-state index contributed by atoms with van der Waals surface area (Å²) in [5.41, 5.74) is 8.96. The molecular weight excluding hydrogens is 232 g/mol. The average Bonchev–Trinajstić information content (AvgIpc) is 2.23. The predicted molar refractivity (Wildman–Crippen MR) is 84.5 cm³/mol. The van der Waals surface area contributed by atoms with E-state index >= 15 is 0 Å². The Morgan fingerprint density at radius 1 is 1.00 bits per heavy atom. The van der Waals surface area contributed by atoms with E-state index in [1.54, 1.807) is 0 Å². The highest BCUT2D eigenvalue weighted by Gasteiger charge is 2.23. The van der Waals surface area contributed by atoms with Crippen LogP contribution in [0, 0.1) is 0 Å². The van der Waals surface area contributed by atoms with Gasteiger partial charge in [-0.05, 0) is 50.9 Å². The largest absolute Gasteiger partial charge is 0.325 e. The topological polar surface area (TPSA) is 29.3 Å². The molecule has 2 N–H and O–H groups in total. The zero-order valence-corrected chi connectivity index (χ0v) is 13.6. The first kappa shape index (κ1) is 16.2. The summed E-state index contributed by atoms with van der Waals surface area (Å²) in [6.07, 6.45) is 0.953. The van der Waals surface area contributed by atoms with E-state index in [9.17, 15) is 0 Å². The molecule has 1 aromatic rings. The lowest BCUT2D eigenvalue weighted by Crippen LogP contribution is -2.37. The van der Waals surface area contributed by atoms with Gasteiger partial charge in [0.1, 0.15) is 0 Å². The molecular formula is C17H30N2. The Morgan fingerprint density at radius 3 is 1.79 bits per heavy atom. The van der Waals surface area contributed by atoms with Crippen LogP contribution in [0.2, 0.25) is 0 Å². The van der Waals surface area contributed by atoms with Crippen molar-refractivity contribution in [2.45, 2.75) is 58.0 Å². The molecule has 0 aliphatic rings. The van der Waals surface area contributed by atoms with Crippen molar-refractivity contribution >= 4 is 0 Å². The lowest BCUT2D eigenvalue weighted by atomic mass is 9.85. The standard InChI is InChI=1S/C17H30N2/c1-16(2,3)14-10-8-13(9-11-14)15(19(6)7)12-17(4,5)18/h8-11,15H,12,18H2,1-7H3. The maximum absolute atomic E-state index is 6.18. The highest BCUT2D eigenvalue weighted by atomic mass is 15.1. The maximum atomic E-state index is 6.18. The van der Waals surface area contributed by atoms with Gasteiger partial charge in [-0.1, -0.05) is 45.0 Å². The Balaban J connectivity index is 2.99. The van der Waals surface area contributed by atoms with Gasteiger partial charge in [-0.25, -0.2) is 0 Å². The third-order valence-electron chi connectivity index (χ3n) is 3.50. The molecule has 1 aromatic carbocycles. The highest BCUT2D eigenvalue weighted by Crippen LogP contribution is 2.29. The summed E-state index contributed by atoms with van der Waals surface area (Å²) in [4.78, 5) is 2.25. The van der Waals surface area contributed by atoms with E-state index in [0.29, 0.717) is 6.04 Å². The normalized spacial score (nSPS) is 14.8. The zero-order valence-electron chi connectivity index (χ0n) is 13.6. The van der Waals surface area contributed by atoms with E-state index in [2.05, 4.69) is 77.9 Å². The SMILES string of the molecule is CN(C)C(CC(C)(C)N)c1ccc(C(C)(C)C)cc1. The number of rotatable bonds is 4. The van der Waals surface area contributed by atoms with E-state index in [4.69, 9.17) is 5.73 Å². The smallest absolute Gasteiger partial charge is 0.0359 e. The number of nitrogens with two attached hydrogens (primary N) is 1. The molecule has 19 heavy (non-hydrogen) atoms. The van der Waals surface area contributed by atoms with Crippen molar-refractivity contribution in [1.29, 1.82) is 0 Å². The zero-order chi connectivity index (χ0) is 14.8. The minimum absolute atomic E-state index is 0.155. The molecule has 0 amide bonds. The van der Waals surface area contributed by atoms with Crippen LogP contribution >= 0.6 is 0 Å². The molecule has 2 heteroatoms. The summed E-state index contributed by atoms with van der Waals surface area (Å²) in [6.45, 7) is 10.9. The van der Waals surface area contributed by atoms with Crippen LogP contribution in [0.4, 0.5) is 0 Å². The van der Waals surface area contributed by atoms with Crippen molar-refractivity contribution in [3.8, 4) is 0 Å². The number of benzene rings is 1. The van der Waals surface area contributed by atoms with Gasteiger partial charge in [0.25, 0.3) is 0 Å². The third-order valence-corrected chi connectivity index (χ3v) is 3.50. The lowest BCUT2D eigenvalue weighted by Gasteiger charge is -2.31. The minimum atomic E-state index is -0.155. The predicted octanol–water partition coefficient (Wildman–Crippen LogP) is 3.71. The molecule has 0 saturated carbocycles. The molecule has 0 fully saturated rings. The van der Waals surface area contributed by atoms with Crippen LogP contribution in [-0.2, 0) is 5.41 Å². The Morgan fingerprint density at radius 2 is 1.47 bits per heavy atom. The summed E-state index contributed by atoms with van der Waals surface area (Å²) in [6, 6.07) is 9.35. The molecule has 1 rings (SSSR count). The summed E-state index contributed by atoms with van der Waals surface area (Å²) in [5.74, 6) is 0. The van der Waals surface area contributed by atoms with Crippen molar-refractivity contribution in [1.82, 2.24) is 4.90 Å². The molecule has 0 heterocycles. The fourth-order valence-electron chi connectivity index (χ4n) is 2.30. The molecule has 0 bridgehead atoms. The van der Waals surface area contributed by atoms with Gasteiger partial charge in [0.2, 0.25) is 0 Å². The first-order chi connectivity index (χ1) is 8.50. The van der Waals surface area contributed by atoms with Gasteiger partial charge in [-0.3, -0.25) is 0 Å². The quantitative estimate of drug-likeness (QED) is 0.896. The summed E-state index contributed by atoms with van der Waals surface area (Å²) in [7, 11) is 4.24. The van der Waals surface area contributed by atoms with Gasteiger partial charge < -0.3 is 10.6 Å². The summed E-state index contributed by atoms with van der Waals surface area (Å²) < 4.78 is 0. The van der Waals surface area contributed by atoms with Crippen molar-refractivity contribution in [2.75, 3.05) is 14.1 Å². The van der Waals surface area contributed by atoms with Crippen molar-refractivity contribution in [3.63, 3.8) is 0 Å². The van der Waals surface area contributed by atoms with Crippen LogP contribution in [0.1, 0.15) is 58.2 Å². The molecule has 108 valence electrons. The lowest BCUT2D eigenvalue weighted by molar-refractivity contribution is 0.243. The number of nitrogens with zero attached hydrogens (tertiary/aromatic N) is 1. The Labute approximate surface area is 119 Å². The fourth-order valence-corrected chi connectivity index (χ4v) is 2.30. The summed E-state index contributed by atoms with van der Waals surface area (Å²) >= 11 is 0. The van der Waals surface area contributed by atoms with E-state index in [1.165, 1.54) is 11.1 Å². The Kier molecular flexibility index (Phi) is 4.81. The monoisotopic (exact) mass is 262 g/mol. The first-order valence-corrected chi connectivity index (χ1v) is 7.06. The summed E-state index contributed by atoms with van der Waals surface area (Å²) in [5, 5.41) is 0. The maximum Gasteiger partial charge on any atom is 0.0359 e. The Bertz CT molecular complexity index is 391. The molecule has 0 aliphatic heterocycles. The van der Waals surface area contributed by atoms with Crippen LogP contribution in [0.5, 0.6) is 0 Å². The Hall–Kier alpha value is -0.860.